The Kier molecular flexibility index (Phi) is 16.6. The summed E-state index contributed by atoms with van der Waals surface area (Å²) in [6, 6.07) is 36.2. The van der Waals surface area contributed by atoms with Gasteiger partial charge in [-0.1, -0.05) is 135 Å². The maximum atomic E-state index is 3.53. The van der Waals surface area contributed by atoms with Crippen LogP contribution in [0, 0.1) is 23.5 Å². The third-order valence-electron chi connectivity index (χ3n) is 9.22. The molecular formula is C47H56Cl2Zr-2. The van der Waals surface area contributed by atoms with Gasteiger partial charge in [-0.15, -0.1) is 5.56 Å². The van der Waals surface area contributed by atoms with Gasteiger partial charge in [0.05, 0.1) is 0 Å². The number of hydrogen-bond acceptors (Lipinski definition) is 0. The van der Waals surface area contributed by atoms with Crippen molar-refractivity contribution in [1.29, 1.82) is 0 Å². The summed E-state index contributed by atoms with van der Waals surface area (Å²) in [7, 11) is 0. The van der Waals surface area contributed by atoms with Crippen LogP contribution in [0.3, 0.4) is 0 Å². The fourth-order valence-electron chi connectivity index (χ4n) is 5.93. The summed E-state index contributed by atoms with van der Waals surface area (Å²) in [5.74, 6) is 0.592. The molecule has 1 atom stereocenters. The number of rotatable bonds is 5. The SMILES string of the molecule is CC(C)(C)c1c[c-]c2c(c1)-c1cc(C(C)(C)C)ccc1C2.CCCCC1[C-]=CC(C(C)(C)C)=C1.[Cl-].[Cl-].[Zr+2]=[C](c1ccccc1)c1ccccc1. The predicted octanol–water partition coefficient (Wildman–Crippen LogP) is 6.60. The molecule has 0 fully saturated rings. The van der Waals surface area contributed by atoms with E-state index in [1.54, 1.807) is 0 Å². The van der Waals surface area contributed by atoms with Crippen LogP contribution in [0.5, 0.6) is 0 Å². The van der Waals surface area contributed by atoms with Gasteiger partial charge < -0.3 is 24.8 Å². The van der Waals surface area contributed by atoms with Gasteiger partial charge in [0.25, 0.3) is 0 Å². The molecule has 0 N–H and O–H groups in total. The topological polar surface area (TPSA) is 0 Å². The van der Waals surface area contributed by atoms with E-state index >= 15 is 0 Å². The molecule has 0 aliphatic heterocycles. The molecule has 6 rings (SSSR count). The van der Waals surface area contributed by atoms with E-state index < -0.39 is 0 Å². The second-order valence-electron chi connectivity index (χ2n) is 16.4. The first-order valence-corrected chi connectivity index (χ1v) is 19.0. The van der Waals surface area contributed by atoms with Crippen LogP contribution in [0.25, 0.3) is 11.1 Å². The second kappa shape index (κ2) is 19.0. The van der Waals surface area contributed by atoms with Crippen LogP contribution >= 0.6 is 0 Å². The number of benzene rings is 4. The first-order chi connectivity index (χ1) is 22.6. The van der Waals surface area contributed by atoms with Crippen LogP contribution in [-0.2, 0) is 41.5 Å². The summed E-state index contributed by atoms with van der Waals surface area (Å²) in [4.78, 5) is 0. The Hall–Kier alpha value is -2.31. The van der Waals surface area contributed by atoms with Crippen LogP contribution in [0.1, 0.15) is 122 Å². The Morgan fingerprint density at radius 3 is 1.72 bits per heavy atom. The molecule has 264 valence electrons. The summed E-state index contributed by atoms with van der Waals surface area (Å²) < 4.78 is 1.42. The van der Waals surface area contributed by atoms with E-state index in [-0.39, 0.29) is 35.6 Å². The Bertz CT molecular complexity index is 1620. The van der Waals surface area contributed by atoms with Crippen molar-refractivity contribution in [2.24, 2.45) is 11.3 Å². The number of halogens is 2. The molecule has 0 aromatic heterocycles. The zero-order valence-electron chi connectivity index (χ0n) is 32.0. The van der Waals surface area contributed by atoms with E-state index in [1.807, 2.05) is 0 Å². The summed E-state index contributed by atoms with van der Waals surface area (Å²) >= 11 is 1.46. The summed E-state index contributed by atoms with van der Waals surface area (Å²) in [5.41, 5.74) is 13.2. The van der Waals surface area contributed by atoms with Gasteiger partial charge in [-0.2, -0.15) is 41.0 Å². The number of hydrogen-bond donors (Lipinski definition) is 0. The molecule has 50 heavy (non-hydrogen) atoms. The molecule has 2 aliphatic carbocycles. The summed E-state index contributed by atoms with van der Waals surface area (Å²) in [6.45, 7) is 22.7. The number of allylic oxidation sites excluding steroid dienone is 4. The van der Waals surface area contributed by atoms with Crippen LogP contribution in [0.2, 0.25) is 0 Å². The van der Waals surface area contributed by atoms with Gasteiger partial charge in [0.1, 0.15) is 0 Å². The third-order valence-corrected chi connectivity index (χ3v) is 10.6. The second-order valence-corrected chi connectivity index (χ2v) is 17.6. The van der Waals surface area contributed by atoms with Crippen molar-refractivity contribution in [3.05, 3.63) is 154 Å². The molecule has 0 radical (unpaired) electrons. The molecule has 0 spiro atoms. The van der Waals surface area contributed by atoms with E-state index in [9.17, 15) is 0 Å². The van der Waals surface area contributed by atoms with Gasteiger partial charge in [0, 0.05) is 0 Å². The van der Waals surface area contributed by atoms with Crippen LogP contribution in [0.15, 0.2) is 109 Å². The molecule has 0 amide bonds. The van der Waals surface area contributed by atoms with Gasteiger partial charge in [0.15, 0.2) is 0 Å². The summed E-state index contributed by atoms with van der Waals surface area (Å²) in [6.07, 6.45) is 12.9. The molecule has 2 aliphatic rings. The van der Waals surface area contributed by atoms with E-state index in [4.69, 9.17) is 0 Å². The fourth-order valence-corrected chi connectivity index (χ4v) is 6.75. The van der Waals surface area contributed by atoms with Crippen LogP contribution in [-0.4, -0.2) is 3.21 Å². The molecule has 0 saturated carbocycles. The Labute approximate surface area is 332 Å². The summed E-state index contributed by atoms with van der Waals surface area (Å²) in [5, 5.41) is 0. The molecule has 3 heteroatoms. The number of fused-ring (bicyclic) bond motifs is 3. The molecule has 4 aromatic carbocycles. The van der Waals surface area contributed by atoms with Gasteiger partial charge in [-0.3, -0.25) is 6.08 Å². The monoisotopic (exact) mass is 780 g/mol. The molecule has 0 nitrogen and oxygen atoms in total. The van der Waals surface area contributed by atoms with E-state index in [0.717, 1.165) is 6.42 Å². The maximum absolute atomic E-state index is 3.53. The van der Waals surface area contributed by atoms with Crippen molar-refractivity contribution in [1.82, 2.24) is 0 Å². The van der Waals surface area contributed by atoms with Gasteiger partial charge >= 0.3 is 99.2 Å². The molecule has 0 saturated heterocycles. The first-order valence-electron chi connectivity index (χ1n) is 17.8. The van der Waals surface area contributed by atoms with Gasteiger partial charge in [-0.25, -0.2) is 6.08 Å². The van der Waals surface area contributed by atoms with Crippen molar-refractivity contribution in [2.75, 3.05) is 0 Å². The average Bonchev–Trinajstić information content (AvgIpc) is 3.69. The third kappa shape index (κ3) is 12.1. The molecular weight excluding hydrogens is 727 g/mol. The normalized spacial score (nSPS) is 14.4. The standard InChI is InChI=1S/C21H25.C13H10.C13H21.2ClH.Zr/c1-20(2,3)16-9-7-14-11-15-8-10-17(21(4,5)6)13-19(15)18(14)12-16;1-3-7-12(8-4-1)11-13-9-5-2-6-10-13;1-5-6-7-11-8-9-12(10-11)13(2,3)4;;;/h7,9-10,12-13H,11H2,1-6H3;1-10H;9-11H,5-7H2,1-4H3;2*1H;/q-1;;-1;;;+2/p-2. The zero-order chi connectivity index (χ0) is 35.1. The van der Waals surface area contributed by atoms with E-state index in [0.29, 0.717) is 11.3 Å². The van der Waals surface area contributed by atoms with Crippen molar-refractivity contribution in [3.8, 4) is 11.1 Å². The molecule has 1 unspecified atom stereocenters. The van der Waals surface area contributed by atoms with Crippen molar-refractivity contribution in [2.45, 2.75) is 106 Å². The van der Waals surface area contributed by atoms with Gasteiger partial charge in [-0.05, 0) is 17.4 Å². The van der Waals surface area contributed by atoms with Crippen molar-refractivity contribution in [3.63, 3.8) is 0 Å². The Balaban J connectivity index is 0.000000265. The Morgan fingerprint density at radius 2 is 1.24 bits per heavy atom. The van der Waals surface area contributed by atoms with Crippen LogP contribution < -0.4 is 24.8 Å². The minimum atomic E-state index is 0. The Morgan fingerprint density at radius 1 is 0.700 bits per heavy atom. The molecule has 0 bridgehead atoms. The predicted molar refractivity (Wildman–Crippen MR) is 205 cm³/mol. The molecule has 0 heterocycles. The zero-order valence-corrected chi connectivity index (χ0v) is 35.9. The number of unbranched alkanes of at least 4 members (excludes halogenated alkanes) is 1. The first kappa shape index (κ1) is 43.9. The fraction of sp³-hybridized carbons (Fsp3) is 0.383. The van der Waals surface area contributed by atoms with E-state index in [2.05, 4.69) is 185 Å². The molecule has 4 aromatic rings. The van der Waals surface area contributed by atoms with Crippen LogP contribution in [0.4, 0.5) is 0 Å². The van der Waals surface area contributed by atoms with Crippen molar-refractivity contribution >= 4 is 3.21 Å². The van der Waals surface area contributed by atoms with E-state index in [1.165, 1.54) is 96.8 Å². The van der Waals surface area contributed by atoms with Crippen molar-refractivity contribution < 1.29 is 49.0 Å². The average molecular weight is 783 g/mol. The van der Waals surface area contributed by atoms with Gasteiger partial charge in [0.2, 0.25) is 0 Å². The minimum absolute atomic E-state index is 0. The quantitative estimate of drug-likeness (QED) is 0.177.